The predicted molar refractivity (Wildman–Crippen MR) is 79.8 cm³/mol. The first-order valence-corrected chi connectivity index (χ1v) is 8.65. The standard InChI is InChI=1S/C17H27NO3/c19-15(12-17(16(20)21)9-3-4-10-17)18-11-5-8-14(18)13-6-1-2-7-13/h13-14H,1-12H2,(H,20,21). The van der Waals surface area contributed by atoms with E-state index in [1.165, 1.54) is 25.7 Å². The number of amides is 1. The minimum atomic E-state index is -0.764. The minimum Gasteiger partial charge on any atom is -0.481 e. The first-order chi connectivity index (χ1) is 10.1. The van der Waals surface area contributed by atoms with Crippen LogP contribution >= 0.6 is 0 Å². The fourth-order valence-corrected chi connectivity index (χ4v) is 4.84. The Labute approximate surface area is 126 Å². The molecule has 0 aromatic carbocycles. The van der Waals surface area contributed by atoms with Gasteiger partial charge in [0, 0.05) is 19.0 Å². The van der Waals surface area contributed by atoms with Crippen molar-refractivity contribution in [2.75, 3.05) is 6.54 Å². The Balaban J connectivity index is 1.67. The number of nitrogens with zero attached hydrogens (tertiary/aromatic N) is 1. The number of hydrogen-bond acceptors (Lipinski definition) is 2. The summed E-state index contributed by atoms with van der Waals surface area (Å²) in [7, 11) is 0. The second-order valence-electron chi connectivity index (χ2n) is 7.31. The summed E-state index contributed by atoms with van der Waals surface area (Å²) in [5.41, 5.74) is -0.764. The predicted octanol–water partition coefficient (Wildman–Crippen LogP) is 3.20. The number of aliphatic carboxylic acids is 1. The number of rotatable bonds is 4. The van der Waals surface area contributed by atoms with Gasteiger partial charge in [-0.1, -0.05) is 25.7 Å². The Kier molecular flexibility index (Phi) is 4.23. The van der Waals surface area contributed by atoms with Crippen LogP contribution in [0.1, 0.15) is 70.6 Å². The highest BCUT2D eigenvalue weighted by Gasteiger charge is 2.45. The van der Waals surface area contributed by atoms with Gasteiger partial charge in [-0.2, -0.15) is 0 Å². The van der Waals surface area contributed by atoms with Gasteiger partial charge in [0.15, 0.2) is 0 Å². The molecule has 0 spiro atoms. The van der Waals surface area contributed by atoms with Crippen LogP contribution < -0.4 is 0 Å². The van der Waals surface area contributed by atoms with E-state index in [4.69, 9.17) is 0 Å². The smallest absolute Gasteiger partial charge is 0.310 e. The van der Waals surface area contributed by atoms with Crippen LogP contribution in [0.4, 0.5) is 0 Å². The van der Waals surface area contributed by atoms with Crippen LogP contribution in [0.15, 0.2) is 0 Å². The molecule has 118 valence electrons. The van der Waals surface area contributed by atoms with Crippen molar-refractivity contribution in [1.29, 1.82) is 0 Å². The van der Waals surface area contributed by atoms with Crippen LogP contribution in [0.5, 0.6) is 0 Å². The molecule has 1 aliphatic heterocycles. The summed E-state index contributed by atoms with van der Waals surface area (Å²) in [6, 6.07) is 0.396. The third-order valence-electron chi connectivity index (χ3n) is 6.07. The van der Waals surface area contributed by atoms with E-state index in [9.17, 15) is 14.7 Å². The molecule has 0 aromatic heterocycles. The number of likely N-dealkylation sites (tertiary alicyclic amines) is 1. The Hall–Kier alpha value is -1.06. The normalized spacial score (nSPS) is 29.1. The number of carbonyl (C=O) groups excluding carboxylic acids is 1. The molecule has 1 heterocycles. The molecule has 1 N–H and O–H groups in total. The first kappa shape index (κ1) is 14.9. The largest absolute Gasteiger partial charge is 0.481 e. The second kappa shape index (κ2) is 5.98. The molecule has 1 saturated heterocycles. The topological polar surface area (TPSA) is 57.6 Å². The van der Waals surface area contributed by atoms with Crippen LogP contribution in [0.25, 0.3) is 0 Å². The summed E-state index contributed by atoms with van der Waals surface area (Å²) >= 11 is 0. The number of hydrogen-bond donors (Lipinski definition) is 1. The molecular weight excluding hydrogens is 266 g/mol. The van der Waals surface area contributed by atoms with E-state index in [2.05, 4.69) is 0 Å². The minimum absolute atomic E-state index is 0.105. The SMILES string of the molecule is O=C(CC1(C(=O)O)CCCC1)N1CCCC1C1CCCC1. The molecule has 4 nitrogen and oxygen atoms in total. The molecule has 1 amide bonds. The molecule has 0 radical (unpaired) electrons. The Morgan fingerprint density at radius 3 is 2.29 bits per heavy atom. The second-order valence-corrected chi connectivity index (χ2v) is 7.31. The van der Waals surface area contributed by atoms with Gasteiger partial charge in [-0.15, -0.1) is 0 Å². The number of carbonyl (C=O) groups is 2. The van der Waals surface area contributed by atoms with E-state index >= 15 is 0 Å². The third-order valence-corrected chi connectivity index (χ3v) is 6.07. The maximum absolute atomic E-state index is 12.7. The van der Waals surface area contributed by atoms with E-state index in [-0.39, 0.29) is 12.3 Å². The lowest BCUT2D eigenvalue weighted by molar-refractivity contribution is -0.153. The third kappa shape index (κ3) is 2.82. The van der Waals surface area contributed by atoms with Crippen LogP contribution in [0.3, 0.4) is 0 Å². The Morgan fingerprint density at radius 1 is 1.00 bits per heavy atom. The molecule has 3 rings (SSSR count). The van der Waals surface area contributed by atoms with Gasteiger partial charge in [0.25, 0.3) is 0 Å². The Morgan fingerprint density at radius 2 is 1.67 bits per heavy atom. The van der Waals surface area contributed by atoms with Gasteiger partial charge in [-0.3, -0.25) is 9.59 Å². The quantitative estimate of drug-likeness (QED) is 0.866. The summed E-state index contributed by atoms with van der Waals surface area (Å²) in [6.45, 7) is 0.843. The van der Waals surface area contributed by atoms with Crippen LogP contribution in [-0.2, 0) is 9.59 Å². The van der Waals surface area contributed by atoms with E-state index in [1.54, 1.807) is 0 Å². The molecule has 3 aliphatic rings. The van der Waals surface area contributed by atoms with Crippen LogP contribution in [0.2, 0.25) is 0 Å². The molecular formula is C17H27NO3. The van der Waals surface area contributed by atoms with E-state index in [1.807, 2.05) is 4.90 Å². The van der Waals surface area contributed by atoms with Crippen molar-refractivity contribution >= 4 is 11.9 Å². The average Bonchev–Trinajstić information content (AvgIpc) is 3.19. The summed E-state index contributed by atoms with van der Waals surface area (Å²) in [4.78, 5) is 26.4. The zero-order valence-electron chi connectivity index (χ0n) is 12.9. The lowest BCUT2D eigenvalue weighted by Crippen LogP contribution is -2.43. The van der Waals surface area contributed by atoms with Gasteiger partial charge in [-0.05, 0) is 44.4 Å². The lowest BCUT2D eigenvalue weighted by Gasteiger charge is -2.32. The maximum Gasteiger partial charge on any atom is 0.310 e. The van der Waals surface area contributed by atoms with Crippen LogP contribution in [-0.4, -0.2) is 34.5 Å². The Bertz CT molecular complexity index is 408. The fourth-order valence-electron chi connectivity index (χ4n) is 4.84. The van der Waals surface area contributed by atoms with E-state index in [0.717, 1.165) is 32.2 Å². The molecule has 0 bridgehead atoms. The van der Waals surface area contributed by atoms with Crippen molar-refractivity contribution in [2.45, 2.75) is 76.7 Å². The summed E-state index contributed by atoms with van der Waals surface area (Å²) in [5.74, 6) is 0.0134. The molecule has 0 aromatic rings. The van der Waals surface area contributed by atoms with E-state index in [0.29, 0.717) is 24.8 Å². The van der Waals surface area contributed by atoms with Gasteiger partial charge >= 0.3 is 5.97 Å². The zero-order chi connectivity index (χ0) is 14.9. The lowest BCUT2D eigenvalue weighted by atomic mass is 9.82. The molecule has 1 unspecified atom stereocenters. The molecule has 2 saturated carbocycles. The zero-order valence-corrected chi connectivity index (χ0v) is 12.9. The summed E-state index contributed by atoms with van der Waals surface area (Å²) in [5, 5.41) is 9.56. The monoisotopic (exact) mass is 293 g/mol. The first-order valence-electron chi connectivity index (χ1n) is 8.65. The number of carboxylic acid groups (broad SMARTS) is 1. The van der Waals surface area contributed by atoms with Crippen LogP contribution in [0, 0.1) is 11.3 Å². The molecule has 3 fully saturated rings. The van der Waals surface area contributed by atoms with Crippen molar-refractivity contribution in [1.82, 2.24) is 4.90 Å². The van der Waals surface area contributed by atoms with Crippen molar-refractivity contribution in [2.24, 2.45) is 11.3 Å². The van der Waals surface area contributed by atoms with E-state index < -0.39 is 11.4 Å². The van der Waals surface area contributed by atoms with Crippen molar-refractivity contribution in [3.05, 3.63) is 0 Å². The van der Waals surface area contributed by atoms with Gasteiger partial charge in [0.05, 0.1) is 5.41 Å². The van der Waals surface area contributed by atoms with Gasteiger partial charge in [0.2, 0.25) is 5.91 Å². The number of carboxylic acids is 1. The highest BCUT2D eigenvalue weighted by molar-refractivity contribution is 5.85. The fraction of sp³-hybridized carbons (Fsp3) is 0.882. The van der Waals surface area contributed by atoms with Crippen molar-refractivity contribution in [3.63, 3.8) is 0 Å². The molecule has 1 atom stereocenters. The van der Waals surface area contributed by atoms with Gasteiger partial charge in [0.1, 0.15) is 0 Å². The summed E-state index contributed by atoms with van der Waals surface area (Å²) in [6.07, 6.45) is 10.8. The molecule has 21 heavy (non-hydrogen) atoms. The highest BCUT2D eigenvalue weighted by Crippen LogP contribution is 2.43. The van der Waals surface area contributed by atoms with Gasteiger partial charge in [-0.25, -0.2) is 0 Å². The highest BCUT2D eigenvalue weighted by atomic mass is 16.4. The van der Waals surface area contributed by atoms with Crippen molar-refractivity contribution < 1.29 is 14.7 Å². The molecule has 2 aliphatic carbocycles. The van der Waals surface area contributed by atoms with Gasteiger partial charge < -0.3 is 10.0 Å². The maximum atomic E-state index is 12.7. The average molecular weight is 293 g/mol. The van der Waals surface area contributed by atoms with Crippen molar-refractivity contribution in [3.8, 4) is 0 Å². The molecule has 4 heteroatoms. The summed E-state index contributed by atoms with van der Waals surface area (Å²) < 4.78 is 0.